The van der Waals surface area contributed by atoms with Crippen molar-refractivity contribution in [2.24, 2.45) is 0 Å². The highest BCUT2D eigenvalue weighted by molar-refractivity contribution is 7.47. The molecule has 0 heterocycles. The van der Waals surface area contributed by atoms with E-state index in [1.54, 1.807) is 0 Å². The number of aliphatic hydroxyl groups excluding tert-OH is 5. The number of unbranched alkanes of at least 4 members (excludes halogenated alkanes) is 21. The maximum atomic E-state index is 12.8. The van der Waals surface area contributed by atoms with Crippen molar-refractivity contribution in [1.29, 1.82) is 0 Å². The number of aliphatic hydroxyl groups is 5. The van der Waals surface area contributed by atoms with Gasteiger partial charge in [-0.15, -0.1) is 0 Å². The van der Waals surface area contributed by atoms with Crippen LogP contribution in [-0.2, 0) is 27.9 Å². The maximum absolute atomic E-state index is 12.8. The fraction of sp³-hybridized carbons (Fsp3) is 0.816. The molecule has 0 amide bonds. The number of rotatable bonds is 41. The van der Waals surface area contributed by atoms with E-state index in [9.17, 15) is 39.8 Å². The molecule has 0 bridgehead atoms. The Labute approximate surface area is 375 Å². The number of ether oxygens (including phenoxy) is 2. The number of phosphoric acid groups is 1. The van der Waals surface area contributed by atoms with Crippen LogP contribution in [-0.4, -0.2) is 98.9 Å². The van der Waals surface area contributed by atoms with E-state index in [1.165, 1.54) is 96.3 Å². The summed E-state index contributed by atoms with van der Waals surface area (Å²) in [7, 11) is -5.02. The lowest BCUT2D eigenvalue weighted by Crippen LogP contribution is -2.64. The first-order chi connectivity index (χ1) is 30.0. The van der Waals surface area contributed by atoms with Crippen LogP contribution in [0.3, 0.4) is 0 Å². The number of carbonyl (C=O) groups is 1. The van der Waals surface area contributed by atoms with E-state index in [1.807, 2.05) is 0 Å². The largest absolute Gasteiger partial charge is 0.472 e. The highest BCUT2D eigenvalue weighted by Crippen LogP contribution is 2.47. The minimum Gasteiger partial charge on any atom is -0.457 e. The molecule has 0 spiro atoms. The van der Waals surface area contributed by atoms with Crippen molar-refractivity contribution >= 4 is 13.8 Å². The van der Waals surface area contributed by atoms with Crippen molar-refractivity contribution in [3.05, 3.63) is 48.6 Å². The summed E-state index contributed by atoms with van der Waals surface area (Å²) in [5, 5.41) is 50.2. The lowest BCUT2D eigenvalue weighted by Gasteiger charge is -2.41. The Bertz CT molecular complexity index is 1210. The molecule has 6 unspecified atom stereocenters. The maximum Gasteiger partial charge on any atom is 0.472 e. The number of hydrogen-bond donors (Lipinski definition) is 6. The van der Waals surface area contributed by atoms with Gasteiger partial charge >= 0.3 is 13.8 Å². The smallest absolute Gasteiger partial charge is 0.457 e. The van der Waals surface area contributed by atoms with Crippen molar-refractivity contribution in [1.82, 2.24) is 0 Å². The molecule has 1 aliphatic carbocycles. The first-order valence-electron chi connectivity index (χ1n) is 24.5. The van der Waals surface area contributed by atoms with Gasteiger partial charge in [-0.2, -0.15) is 0 Å². The molecule has 6 N–H and O–H groups in total. The Kier molecular flexibility index (Phi) is 37.3. The number of hydrogen-bond acceptors (Lipinski definition) is 11. The molecule has 62 heavy (non-hydrogen) atoms. The molecule has 12 nitrogen and oxygen atoms in total. The fourth-order valence-corrected chi connectivity index (χ4v) is 8.32. The average molecular weight is 901 g/mol. The van der Waals surface area contributed by atoms with Crippen LogP contribution in [0.5, 0.6) is 0 Å². The minimum absolute atomic E-state index is 0.0776. The molecule has 0 aromatic carbocycles. The summed E-state index contributed by atoms with van der Waals surface area (Å²) >= 11 is 0. The van der Waals surface area contributed by atoms with Gasteiger partial charge in [-0.3, -0.25) is 13.8 Å². The zero-order valence-electron chi connectivity index (χ0n) is 38.7. The Balaban J connectivity index is 2.30. The molecule has 0 aliphatic heterocycles. The van der Waals surface area contributed by atoms with Crippen LogP contribution in [0.15, 0.2) is 48.6 Å². The SMILES string of the molecule is CC/C=C\C/C=C\C/C=C\C/C=C\CCCCCCCCCCCCCOCC(COP(=O)(O)OC1C(O)C(O)C(O)C(O)C1O)OC(=O)CCCCCCCCCCCCC. The van der Waals surface area contributed by atoms with Gasteiger partial charge in [0.2, 0.25) is 0 Å². The van der Waals surface area contributed by atoms with Gasteiger partial charge in [0, 0.05) is 13.0 Å². The molecule has 0 radical (unpaired) electrons. The molecule has 1 saturated carbocycles. The molecular formula is C49H89O12P. The van der Waals surface area contributed by atoms with Gasteiger partial charge in [0.15, 0.2) is 0 Å². The molecule has 1 aliphatic rings. The molecule has 6 atom stereocenters. The summed E-state index contributed by atoms with van der Waals surface area (Å²) in [6, 6.07) is 0. The Morgan fingerprint density at radius 3 is 1.45 bits per heavy atom. The van der Waals surface area contributed by atoms with Gasteiger partial charge in [-0.25, -0.2) is 4.57 Å². The van der Waals surface area contributed by atoms with E-state index in [0.29, 0.717) is 13.0 Å². The minimum atomic E-state index is -5.02. The van der Waals surface area contributed by atoms with Crippen molar-refractivity contribution in [2.75, 3.05) is 19.8 Å². The molecule has 0 aromatic rings. The first-order valence-corrected chi connectivity index (χ1v) is 26.0. The summed E-state index contributed by atoms with van der Waals surface area (Å²) in [6.45, 7) is 4.13. The van der Waals surface area contributed by atoms with E-state index in [-0.39, 0.29) is 13.0 Å². The van der Waals surface area contributed by atoms with Gasteiger partial charge in [-0.1, -0.05) is 184 Å². The molecule has 1 rings (SSSR count). The molecule has 1 fully saturated rings. The summed E-state index contributed by atoms with van der Waals surface area (Å²) in [5.41, 5.74) is 0. The van der Waals surface area contributed by atoms with Gasteiger partial charge in [-0.05, 0) is 51.4 Å². The number of carbonyl (C=O) groups excluding carboxylic acids is 1. The van der Waals surface area contributed by atoms with E-state index in [2.05, 4.69) is 62.5 Å². The lowest BCUT2D eigenvalue weighted by molar-refractivity contribution is -0.220. The standard InChI is InChI=1S/C49H89O12P/c1-3-5-7-9-11-13-15-16-17-18-19-20-21-22-23-24-25-26-27-29-31-33-35-37-39-58-40-42(60-43(50)38-36-34-32-30-28-14-12-10-8-6-4-2)41-59-62(56,57)61-49-47(54)45(52)44(51)46(53)48(49)55/h5,7,11,13,16-17,19-20,42,44-49,51-55H,3-4,6,8-10,12,14-15,18,21-41H2,1-2H3,(H,56,57)/b7-5-,13-11-,17-16-,20-19-. The first kappa shape index (κ1) is 58.3. The third kappa shape index (κ3) is 31.2. The normalized spacial score (nSPS) is 22.4. The third-order valence-corrected chi connectivity index (χ3v) is 12.2. The third-order valence-electron chi connectivity index (χ3n) is 11.2. The van der Waals surface area contributed by atoms with Crippen molar-refractivity contribution in [3.63, 3.8) is 0 Å². The van der Waals surface area contributed by atoms with Gasteiger partial charge < -0.3 is 39.9 Å². The second-order valence-corrected chi connectivity index (χ2v) is 18.3. The monoisotopic (exact) mass is 901 g/mol. The predicted octanol–water partition coefficient (Wildman–Crippen LogP) is 10.4. The van der Waals surface area contributed by atoms with E-state index >= 15 is 0 Å². The molecule has 0 aromatic heterocycles. The van der Waals surface area contributed by atoms with Crippen LogP contribution in [0.2, 0.25) is 0 Å². The Morgan fingerprint density at radius 1 is 0.532 bits per heavy atom. The molecule has 13 heteroatoms. The quantitative estimate of drug-likeness (QED) is 0.0147. The summed E-state index contributed by atoms with van der Waals surface area (Å²) in [4.78, 5) is 23.1. The van der Waals surface area contributed by atoms with E-state index in [0.717, 1.165) is 70.6 Å². The van der Waals surface area contributed by atoms with Crippen molar-refractivity contribution in [2.45, 2.75) is 236 Å². The fourth-order valence-electron chi connectivity index (χ4n) is 7.35. The number of esters is 1. The van der Waals surface area contributed by atoms with Gasteiger partial charge in [0.25, 0.3) is 0 Å². The van der Waals surface area contributed by atoms with Crippen LogP contribution in [0.4, 0.5) is 0 Å². The zero-order valence-corrected chi connectivity index (χ0v) is 39.6. The summed E-state index contributed by atoms with van der Waals surface area (Å²) in [6.07, 6.45) is 36.2. The lowest BCUT2D eigenvalue weighted by atomic mass is 9.85. The highest BCUT2D eigenvalue weighted by Gasteiger charge is 2.51. The van der Waals surface area contributed by atoms with Crippen molar-refractivity contribution < 1.29 is 58.3 Å². The van der Waals surface area contributed by atoms with E-state index < -0.39 is 63.1 Å². The Morgan fingerprint density at radius 2 is 0.952 bits per heavy atom. The molecule has 0 saturated heterocycles. The number of allylic oxidation sites excluding steroid dienone is 8. The molecule has 362 valence electrons. The number of phosphoric ester groups is 1. The van der Waals surface area contributed by atoms with Gasteiger partial charge in [0.1, 0.15) is 42.7 Å². The summed E-state index contributed by atoms with van der Waals surface area (Å²) in [5.74, 6) is -0.480. The topological polar surface area (TPSA) is 192 Å². The van der Waals surface area contributed by atoms with Crippen LogP contribution in [0.25, 0.3) is 0 Å². The molecular weight excluding hydrogens is 812 g/mol. The van der Waals surface area contributed by atoms with Crippen molar-refractivity contribution in [3.8, 4) is 0 Å². The summed E-state index contributed by atoms with van der Waals surface area (Å²) < 4.78 is 34.2. The zero-order chi connectivity index (χ0) is 45.5. The highest BCUT2D eigenvalue weighted by atomic mass is 31.2. The van der Waals surface area contributed by atoms with Gasteiger partial charge in [0.05, 0.1) is 13.2 Å². The predicted molar refractivity (Wildman–Crippen MR) is 249 cm³/mol. The second-order valence-electron chi connectivity index (χ2n) is 16.9. The van der Waals surface area contributed by atoms with Crippen LogP contribution in [0, 0.1) is 0 Å². The second kappa shape index (κ2) is 39.6. The van der Waals surface area contributed by atoms with Crippen LogP contribution >= 0.6 is 7.82 Å². The van der Waals surface area contributed by atoms with Crippen LogP contribution in [0.1, 0.15) is 194 Å². The Hall–Kier alpha value is -1.70. The average Bonchev–Trinajstić information content (AvgIpc) is 3.26. The van der Waals surface area contributed by atoms with E-state index in [4.69, 9.17) is 18.5 Å². The van der Waals surface area contributed by atoms with Crippen LogP contribution < -0.4 is 0 Å².